The van der Waals surface area contributed by atoms with Crippen molar-refractivity contribution in [3.63, 3.8) is 0 Å². The van der Waals surface area contributed by atoms with Crippen molar-refractivity contribution in [2.45, 2.75) is 30.9 Å². The van der Waals surface area contributed by atoms with Crippen molar-refractivity contribution >= 4 is 16.0 Å². The minimum atomic E-state index is -4.26. The molecular formula is C20H20FN3O6S. The third kappa shape index (κ3) is 5.25. The lowest BCUT2D eigenvalue weighted by atomic mass is 10.2. The van der Waals surface area contributed by atoms with Gasteiger partial charge in [0, 0.05) is 5.56 Å². The number of aromatic nitrogens is 2. The number of hydrogen-bond donors (Lipinski definition) is 1. The second-order valence-corrected chi connectivity index (χ2v) is 8.21. The highest BCUT2D eigenvalue weighted by atomic mass is 32.2. The van der Waals surface area contributed by atoms with Gasteiger partial charge in [-0.1, -0.05) is 12.1 Å². The van der Waals surface area contributed by atoms with E-state index >= 15 is 0 Å². The molecule has 1 unspecified atom stereocenters. The summed E-state index contributed by atoms with van der Waals surface area (Å²) >= 11 is 0. The van der Waals surface area contributed by atoms with E-state index < -0.39 is 38.9 Å². The van der Waals surface area contributed by atoms with Gasteiger partial charge in [-0.15, -0.1) is 10.2 Å². The van der Waals surface area contributed by atoms with Crippen LogP contribution < -0.4 is 9.46 Å². The Kier molecular flexibility index (Phi) is 6.66. The number of sulfonamides is 1. The highest BCUT2D eigenvalue weighted by Crippen LogP contribution is 2.24. The maximum Gasteiger partial charge on any atom is 0.324 e. The molecule has 0 aliphatic heterocycles. The maximum absolute atomic E-state index is 13.8. The number of nitrogens with one attached hydrogen (secondary N) is 1. The lowest BCUT2D eigenvalue weighted by Crippen LogP contribution is -2.40. The number of hydrogen-bond acceptors (Lipinski definition) is 8. The predicted molar refractivity (Wildman–Crippen MR) is 107 cm³/mol. The van der Waals surface area contributed by atoms with Crippen molar-refractivity contribution < 1.29 is 31.5 Å². The first-order valence-corrected chi connectivity index (χ1v) is 10.6. The van der Waals surface area contributed by atoms with Gasteiger partial charge in [-0.05, 0) is 50.2 Å². The van der Waals surface area contributed by atoms with E-state index in [0.29, 0.717) is 11.3 Å². The molecular weight excluding hydrogens is 429 g/mol. The number of carbonyl (C=O) groups is 1. The third-order valence-corrected chi connectivity index (χ3v) is 5.80. The van der Waals surface area contributed by atoms with Gasteiger partial charge in [-0.3, -0.25) is 4.79 Å². The van der Waals surface area contributed by atoms with Crippen LogP contribution in [0.4, 0.5) is 4.39 Å². The SMILES string of the molecule is COc1ccc(-c2nnc(C(C)OC(=O)[C@H](C)NS(=O)(=O)c3ccccc3F)o2)cc1. The van der Waals surface area contributed by atoms with Crippen LogP contribution >= 0.6 is 0 Å². The zero-order chi connectivity index (χ0) is 22.6. The van der Waals surface area contributed by atoms with Crippen molar-refractivity contribution in [2.75, 3.05) is 7.11 Å². The Labute approximate surface area is 178 Å². The Morgan fingerprint density at radius 3 is 2.42 bits per heavy atom. The first-order valence-electron chi connectivity index (χ1n) is 9.16. The maximum atomic E-state index is 13.8. The molecule has 2 aromatic carbocycles. The van der Waals surface area contributed by atoms with E-state index in [1.54, 1.807) is 31.4 Å². The van der Waals surface area contributed by atoms with Crippen LogP contribution in [0.3, 0.4) is 0 Å². The molecule has 0 saturated carbocycles. The van der Waals surface area contributed by atoms with Crippen LogP contribution in [0.25, 0.3) is 11.5 Å². The van der Waals surface area contributed by atoms with Crippen molar-refractivity contribution in [3.8, 4) is 17.2 Å². The lowest BCUT2D eigenvalue weighted by molar-refractivity contribution is -0.151. The molecule has 0 aliphatic carbocycles. The molecule has 0 amide bonds. The van der Waals surface area contributed by atoms with E-state index in [-0.39, 0.29) is 11.8 Å². The van der Waals surface area contributed by atoms with E-state index in [2.05, 4.69) is 14.9 Å². The fourth-order valence-corrected chi connectivity index (χ4v) is 3.85. The molecule has 0 spiro atoms. The molecule has 11 heteroatoms. The number of methoxy groups -OCH3 is 1. The van der Waals surface area contributed by atoms with Crippen molar-refractivity contribution in [1.82, 2.24) is 14.9 Å². The van der Waals surface area contributed by atoms with Gasteiger partial charge < -0.3 is 13.9 Å². The van der Waals surface area contributed by atoms with E-state index in [4.69, 9.17) is 13.9 Å². The van der Waals surface area contributed by atoms with Gasteiger partial charge in [0.15, 0.2) is 6.10 Å². The summed E-state index contributed by atoms with van der Waals surface area (Å²) in [6.07, 6.45) is -0.938. The van der Waals surface area contributed by atoms with E-state index in [1.807, 2.05) is 0 Å². The number of rotatable bonds is 8. The molecule has 164 valence electrons. The molecule has 3 aromatic rings. The Morgan fingerprint density at radius 1 is 1.10 bits per heavy atom. The Balaban J connectivity index is 1.65. The van der Waals surface area contributed by atoms with E-state index in [1.165, 1.54) is 26.0 Å². The summed E-state index contributed by atoms with van der Waals surface area (Å²) in [4.78, 5) is 11.8. The summed E-state index contributed by atoms with van der Waals surface area (Å²) < 4.78 is 56.4. The Hall–Kier alpha value is -3.31. The van der Waals surface area contributed by atoms with Crippen molar-refractivity contribution in [2.24, 2.45) is 0 Å². The molecule has 1 aromatic heterocycles. The molecule has 1 heterocycles. The van der Waals surface area contributed by atoms with Gasteiger partial charge in [0.2, 0.25) is 15.9 Å². The normalized spacial score (nSPS) is 13.4. The molecule has 0 fully saturated rings. The molecule has 31 heavy (non-hydrogen) atoms. The van der Waals surface area contributed by atoms with Crippen molar-refractivity contribution in [1.29, 1.82) is 0 Å². The van der Waals surface area contributed by atoms with Gasteiger partial charge in [0.1, 0.15) is 22.5 Å². The first-order chi connectivity index (χ1) is 14.7. The Morgan fingerprint density at radius 2 is 1.77 bits per heavy atom. The number of halogens is 1. The van der Waals surface area contributed by atoms with Crippen LogP contribution in [-0.4, -0.2) is 37.7 Å². The standard InChI is InChI=1S/C20H20FN3O6S/c1-12(24-31(26,27)17-7-5-4-6-16(17)21)20(25)29-13(2)18-22-23-19(30-18)14-8-10-15(28-3)11-9-14/h4-13,24H,1-3H3/t12-,13?/m0/s1. The quantitative estimate of drug-likeness (QED) is 0.521. The van der Waals surface area contributed by atoms with Gasteiger partial charge >= 0.3 is 5.97 Å². The molecule has 2 atom stereocenters. The van der Waals surface area contributed by atoms with E-state index in [0.717, 1.165) is 12.1 Å². The zero-order valence-electron chi connectivity index (χ0n) is 16.9. The zero-order valence-corrected chi connectivity index (χ0v) is 17.7. The number of esters is 1. The minimum absolute atomic E-state index is 0.0309. The number of benzene rings is 2. The summed E-state index contributed by atoms with van der Waals surface area (Å²) in [5, 5.41) is 7.79. The smallest absolute Gasteiger partial charge is 0.324 e. The summed E-state index contributed by atoms with van der Waals surface area (Å²) in [5.41, 5.74) is 0.643. The second kappa shape index (κ2) is 9.23. The number of nitrogens with zero attached hydrogens (tertiary/aromatic N) is 2. The molecule has 0 bridgehead atoms. The van der Waals surface area contributed by atoms with E-state index in [9.17, 15) is 17.6 Å². The second-order valence-electron chi connectivity index (χ2n) is 6.53. The molecule has 0 saturated heterocycles. The summed E-state index contributed by atoms with van der Waals surface area (Å²) in [6, 6.07) is 10.5. The highest BCUT2D eigenvalue weighted by molar-refractivity contribution is 7.89. The predicted octanol–water partition coefficient (Wildman–Crippen LogP) is 2.86. The van der Waals surface area contributed by atoms with Crippen LogP contribution in [0.2, 0.25) is 0 Å². The molecule has 0 aliphatic rings. The number of carbonyl (C=O) groups excluding carboxylic acids is 1. The molecule has 9 nitrogen and oxygen atoms in total. The highest BCUT2D eigenvalue weighted by Gasteiger charge is 2.28. The van der Waals surface area contributed by atoms with Crippen LogP contribution in [-0.2, 0) is 19.6 Å². The van der Waals surface area contributed by atoms with Gasteiger partial charge in [-0.25, -0.2) is 12.8 Å². The van der Waals surface area contributed by atoms with Gasteiger partial charge in [0.05, 0.1) is 7.11 Å². The summed E-state index contributed by atoms with van der Waals surface area (Å²) in [7, 11) is -2.71. The summed E-state index contributed by atoms with van der Waals surface area (Å²) in [6.45, 7) is 2.78. The fraction of sp³-hybridized carbons (Fsp3) is 0.250. The fourth-order valence-electron chi connectivity index (χ4n) is 2.58. The van der Waals surface area contributed by atoms with Crippen LogP contribution in [0.5, 0.6) is 5.75 Å². The monoisotopic (exact) mass is 449 g/mol. The Bertz CT molecular complexity index is 1160. The molecule has 3 rings (SSSR count). The number of ether oxygens (including phenoxy) is 2. The van der Waals surface area contributed by atoms with Gasteiger partial charge in [-0.2, -0.15) is 4.72 Å². The van der Waals surface area contributed by atoms with Crippen LogP contribution in [0.15, 0.2) is 57.8 Å². The third-order valence-electron chi connectivity index (χ3n) is 4.23. The van der Waals surface area contributed by atoms with Crippen LogP contribution in [0, 0.1) is 5.82 Å². The van der Waals surface area contributed by atoms with Gasteiger partial charge in [0.25, 0.3) is 5.89 Å². The first kappa shape index (κ1) is 22.4. The average Bonchev–Trinajstić information content (AvgIpc) is 3.24. The molecule has 0 radical (unpaired) electrons. The minimum Gasteiger partial charge on any atom is -0.497 e. The lowest BCUT2D eigenvalue weighted by Gasteiger charge is -2.16. The van der Waals surface area contributed by atoms with Crippen molar-refractivity contribution in [3.05, 3.63) is 60.2 Å². The van der Waals surface area contributed by atoms with Crippen LogP contribution in [0.1, 0.15) is 25.8 Å². The largest absolute Gasteiger partial charge is 0.497 e. The molecule has 1 N–H and O–H groups in total. The summed E-state index contributed by atoms with van der Waals surface area (Å²) in [5.74, 6) is -0.910. The average molecular weight is 449 g/mol. The topological polar surface area (TPSA) is 121 Å².